The lowest BCUT2D eigenvalue weighted by molar-refractivity contribution is 0.556. The molecule has 4 heteroatoms. The van der Waals surface area contributed by atoms with Gasteiger partial charge in [-0.1, -0.05) is 60.3 Å². The molecule has 25 heavy (non-hydrogen) atoms. The Morgan fingerprint density at radius 2 is 1.48 bits per heavy atom. The number of nitrogens with zero attached hydrogens (tertiary/aromatic N) is 1. The van der Waals surface area contributed by atoms with Crippen LogP contribution < -0.4 is 4.74 Å². The van der Waals surface area contributed by atoms with Crippen molar-refractivity contribution in [1.82, 2.24) is 0 Å². The molecule has 2 nitrogen and oxygen atoms in total. The van der Waals surface area contributed by atoms with Crippen molar-refractivity contribution in [2.45, 2.75) is 4.90 Å². The maximum Gasteiger partial charge on any atom is 0.220 e. The van der Waals surface area contributed by atoms with Crippen molar-refractivity contribution in [3.63, 3.8) is 0 Å². The molecule has 0 unspecified atom stereocenters. The summed E-state index contributed by atoms with van der Waals surface area (Å²) >= 11 is 5.16. The monoisotopic (exact) mass is 409 g/mol. The average molecular weight is 410 g/mol. The van der Waals surface area contributed by atoms with E-state index in [1.807, 2.05) is 90.3 Å². The zero-order valence-electron chi connectivity index (χ0n) is 13.4. The maximum absolute atomic E-state index is 5.92. The molecule has 0 bridgehead atoms. The molecule has 0 saturated carbocycles. The van der Waals surface area contributed by atoms with E-state index in [9.17, 15) is 0 Å². The first-order valence-electron chi connectivity index (χ1n) is 7.75. The second-order valence-electron chi connectivity index (χ2n) is 5.05. The van der Waals surface area contributed by atoms with Gasteiger partial charge < -0.3 is 4.74 Å². The van der Waals surface area contributed by atoms with Crippen molar-refractivity contribution >= 4 is 39.3 Å². The topological polar surface area (TPSA) is 21.6 Å². The van der Waals surface area contributed by atoms with Gasteiger partial charge in [-0.2, -0.15) is 0 Å². The van der Waals surface area contributed by atoms with Crippen molar-refractivity contribution in [3.8, 4) is 5.75 Å². The molecule has 0 radical (unpaired) electrons. The highest BCUT2D eigenvalue weighted by molar-refractivity contribution is 9.10. The van der Waals surface area contributed by atoms with Crippen LogP contribution in [0.1, 0.15) is 0 Å². The normalized spacial score (nSPS) is 11.6. The minimum Gasteiger partial charge on any atom is -0.439 e. The molecular formula is C21H16BrNOS. The van der Waals surface area contributed by atoms with Gasteiger partial charge in [-0.05, 0) is 57.7 Å². The number of ether oxygens (including phenoxy) is 1. The van der Waals surface area contributed by atoms with Gasteiger partial charge >= 0.3 is 0 Å². The van der Waals surface area contributed by atoms with Gasteiger partial charge in [-0.15, -0.1) is 0 Å². The van der Waals surface area contributed by atoms with Crippen LogP contribution in [0.5, 0.6) is 5.75 Å². The van der Waals surface area contributed by atoms with Crippen LogP contribution in [0.15, 0.2) is 111 Å². The summed E-state index contributed by atoms with van der Waals surface area (Å²) in [4.78, 5) is 5.73. The SMILES string of the molecule is Brc1ccccc1S/C=C/C(=Nc1ccccc1)Oc1ccccc1. The van der Waals surface area contributed by atoms with Gasteiger partial charge in [-0.3, -0.25) is 0 Å². The number of hydrogen-bond acceptors (Lipinski definition) is 3. The highest BCUT2D eigenvalue weighted by Crippen LogP contribution is 2.28. The van der Waals surface area contributed by atoms with Gasteiger partial charge in [0, 0.05) is 15.4 Å². The first-order chi connectivity index (χ1) is 12.3. The Kier molecular flexibility index (Phi) is 6.48. The summed E-state index contributed by atoms with van der Waals surface area (Å²) in [5.41, 5.74) is 0.851. The van der Waals surface area contributed by atoms with Gasteiger partial charge in [0.2, 0.25) is 5.90 Å². The average Bonchev–Trinajstić information content (AvgIpc) is 2.65. The summed E-state index contributed by atoms with van der Waals surface area (Å²) in [6, 6.07) is 27.5. The first kappa shape index (κ1) is 17.5. The predicted molar refractivity (Wildman–Crippen MR) is 110 cm³/mol. The van der Waals surface area contributed by atoms with E-state index >= 15 is 0 Å². The number of para-hydroxylation sites is 2. The van der Waals surface area contributed by atoms with Gasteiger partial charge in [0.25, 0.3) is 0 Å². The molecule has 3 rings (SSSR count). The lowest BCUT2D eigenvalue weighted by atomic mass is 10.3. The van der Waals surface area contributed by atoms with Crippen molar-refractivity contribution in [1.29, 1.82) is 0 Å². The molecule has 3 aromatic carbocycles. The smallest absolute Gasteiger partial charge is 0.220 e. The number of aliphatic imine (C=N–C) groups is 1. The highest BCUT2D eigenvalue weighted by atomic mass is 79.9. The largest absolute Gasteiger partial charge is 0.439 e. The molecule has 124 valence electrons. The summed E-state index contributed by atoms with van der Waals surface area (Å²) in [7, 11) is 0. The molecule has 0 aromatic heterocycles. The van der Waals surface area contributed by atoms with E-state index in [1.54, 1.807) is 11.8 Å². The third kappa shape index (κ3) is 5.62. The predicted octanol–water partition coefficient (Wildman–Crippen LogP) is 6.86. The van der Waals surface area contributed by atoms with Crippen LogP contribution in [-0.4, -0.2) is 5.90 Å². The maximum atomic E-state index is 5.92. The van der Waals surface area contributed by atoms with Gasteiger partial charge in [-0.25, -0.2) is 4.99 Å². The molecule has 0 N–H and O–H groups in total. The fourth-order valence-electron chi connectivity index (χ4n) is 2.04. The summed E-state index contributed by atoms with van der Waals surface area (Å²) in [6.45, 7) is 0. The second kappa shape index (κ2) is 9.25. The Labute approximate surface area is 160 Å². The quantitative estimate of drug-likeness (QED) is 0.260. The second-order valence-corrected chi connectivity index (χ2v) is 6.85. The van der Waals surface area contributed by atoms with Gasteiger partial charge in [0.05, 0.1) is 5.69 Å². The standard InChI is InChI=1S/C21H16BrNOS/c22-19-13-7-8-14-20(19)25-16-15-21(23-17-9-3-1-4-10-17)24-18-11-5-2-6-12-18/h1-16H/b16-15+,23-21?. The van der Waals surface area contributed by atoms with E-state index in [0.29, 0.717) is 5.90 Å². The Morgan fingerprint density at radius 3 is 2.20 bits per heavy atom. The highest BCUT2D eigenvalue weighted by Gasteiger charge is 2.01. The Hall–Kier alpha value is -2.30. The van der Waals surface area contributed by atoms with E-state index in [1.165, 1.54) is 0 Å². The summed E-state index contributed by atoms with van der Waals surface area (Å²) in [6.07, 6.45) is 1.88. The van der Waals surface area contributed by atoms with Crippen molar-refractivity contribution < 1.29 is 4.74 Å². The molecule has 0 amide bonds. The number of halogens is 1. The molecule has 0 atom stereocenters. The minimum atomic E-state index is 0.539. The van der Waals surface area contributed by atoms with Crippen LogP contribution in [0.3, 0.4) is 0 Å². The van der Waals surface area contributed by atoms with Crippen molar-refractivity contribution in [2.75, 3.05) is 0 Å². The molecule has 0 fully saturated rings. The minimum absolute atomic E-state index is 0.539. The van der Waals surface area contributed by atoms with E-state index < -0.39 is 0 Å². The molecule has 0 aliphatic rings. The zero-order chi connectivity index (χ0) is 17.3. The lowest BCUT2D eigenvalue weighted by Gasteiger charge is -2.06. The first-order valence-corrected chi connectivity index (χ1v) is 9.43. The third-order valence-electron chi connectivity index (χ3n) is 3.20. The number of rotatable bonds is 5. The molecule has 0 saturated heterocycles. The van der Waals surface area contributed by atoms with Crippen LogP contribution in [0.4, 0.5) is 5.69 Å². The summed E-state index contributed by atoms with van der Waals surface area (Å²) < 4.78 is 6.99. The number of thioether (sulfide) groups is 1. The van der Waals surface area contributed by atoms with Crippen LogP contribution in [0, 0.1) is 0 Å². The molecule has 0 aliphatic heterocycles. The Morgan fingerprint density at radius 1 is 0.840 bits per heavy atom. The van der Waals surface area contributed by atoms with E-state index in [4.69, 9.17) is 4.74 Å². The van der Waals surface area contributed by atoms with Crippen molar-refractivity contribution in [3.05, 3.63) is 101 Å². The molecule has 0 heterocycles. The van der Waals surface area contributed by atoms with Gasteiger partial charge in [0.15, 0.2) is 0 Å². The number of hydrogen-bond donors (Lipinski definition) is 0. The fourth-order valence-corrected chi connectivity index (χ4v) is 3.27. The summed E-state index contributed by atoms with van der Waals surface area (Å²) in [5.74, 6) is 1.30. The molecule has 0 spiro atoms. The fraction of sp³-hybridized carbons (Fsp3) is 0. The Bertz CT molecular complexity index is 863. The van der Waals surface area contributed by atoms with E-state index in [-0.39, 0.29) is 0 Å². The van der Waals surface area contributed by atoms with Crippen LogP contribution in [0.25, 0.3) is 0 Å². The lowest BCUT2D eigenvalue weighted by Crippen LogP contribution is -2.04. The third-order valence-corrected chi connectivity index (χ3v) is 5.04. The molecule has 0 aliphatic carbocycles. The Balaban J connectivity index is 1.80. The summed E-state index contributed by atoms with van der Waals surface area (Å²) in [5, 5.41) is 1.98. The van der Waals surface area contributed by atoms with Crippen LogP contribution in [0.2, 0.25) is 0 Å². The molecular weight excluding hydrogens is 394 g/mol. The molecule has 3 aromatic rings. The van der Waals surface area contributed by atoms with Crippen LogP contribution in [-0.2, 0) is 0 Å². The zero-order valence-corrected chi connectivity index (χ0v) is 15.8. The number of benzene rings is 3. The van der Waals surface area contributed by atoms with E-state index in [0.717, 1.165) is 20.8 Å². The van der Waals surface area contributed by atoms with E-state index in [2.05, 4.69) is 27.0 Å². The van der Waals surface area contributed by atoms with Crippen molar-refractivity contribution in [2.24, 2.45) is 4.99 Å². The van der Waals surface area contributed by atoms with Crippen LogP contribution >= 0.6 is 27.7 Å². The van der Waals surface area contributed by atoms with Gasteiger partial charge in [0.1, 0.15) is 5.75 Å².